The highest BCUT2D eigenvalue weighted by Crippen LogP contribution is 2.02. The number of hydrogen-bond acceptors (Lipinski definition) is 8. The normalized spacial score (nSPS) is 9.75. The third-order valence-electron chi connectivity index (χ3n) is 3.17. The van der Waals surface area contributed by atoms with E-state index >= 15 is 0 Å². The second kappa shape index (κ2) is 16.3. The molecule has 0 saturated carbocycles. The molecule has 0 aromatic carbocycles. The lowest BCUT2D eigenvalue weighted by molar-refractivity contribution is -0.149. The molecule has 0 fully saturated rings. The molecule has 0 aliphatic carbocycles. The minimum Gasteiger partial charge on any atom is -0.465 e. The van der Waals surface area contributed by atoms with Gasteiger partial charge in [0.05, 0.1) is 6.61 Å². The fourth-order valence-corrected chi connectivity index (χ4v) is 1.85. The van der Waals surface area contributed by atoms with Gasteiger partial charge in [-0.25, -0.2) is 4.79 Å². The van der Waals surface area contributed by atoms with Crippen LogP contribution in [0.5, 0.6) is 0 Å². The number of esters is 3. The van der Waals surface area contributed by atoms with Crippen molar-refractivity contribution in [3.05, 3.63) is 12.7 Å². The first kappa shape index (κ1) is 25.1. The summed E-state index contributed by atoms with van der Waals surface area (Å²) in [5, 5.41) is 5.00. The maximum absolute atomic E-state index is 11.5. The van der Waals surface area contributed by atoms with Crippen molar-refractivity contribution in [1.29, 1.82) is 0 Å². The molecule has 0 rings (SSSR count). The Morgan fingerprint density at radius 3 is 2.14 bits per heavy atom. The number of carbonyl (C=O) groups excluding carboxylic acids is 5. The maximum Gasteiger partial charge on any atom is 0.330 e. The molecule has 2 N–H and O–H groups in total. The second-order valence-electron chi connectivity index (χ2n) is 5.63. The van der Waals surface area contributed by atoms with Gasteiger partial charge in [-0.15, -0.1) is 0 Å². The Hall–Kier alpha value is -2.91. The van der Waals surface area contributed by atoms with E-state index < -0.39 is 23.8 Å². The lowest BCUT2D eigenvalue weighted by Crippen LogP contribution is -2.34. The van der Waals surface area contributed by atoms with E-state index in [1.54, 1.807) is 0 Å². The summed E-state index contributed by atoms with van der Waals surface area (Å²) in [6.07, 6.45) is 2.61. The number of nitrogens with one attached hydrogen (secondary N) is 2. The number of hydrogen-bond donors (Lipinski definition) is 2. The molecule has 10 nitrogen and oxygen atoms in total. The second-order valence-corrected chi connectivity index (χ2v) is 5.63. The van der Waals surface area contributed by atoms with Crippen LogP contribution in [0, 0.1) is 0 Å². The average molecular weight is 400 g/mol. The van der Waals surface area contributed by atoms with Crippen LogP contribution < -0.4 is 10.6 Å². The van der Waals surface area contributed by atoms with Gasteiger partial charge in [-0.3, -0.25) is 19.2 Å². The van der Waals surface area contributed by atoms with Gasteiger partial charge in [-0.2, -0.15) is 0 Å². The molecule has 0 unspecified atom stereocenters. The summed E-state index contributed by atoms with van der Waals surface area (Å²) in [5.74, 6) is -2.28. The molecule has 10 heteroatoms. The first-order valence-electron chi connectivity index (χ1n) is 8.96. The quantitative estimate of drug-likeness (QED) is 0.129. The van der Waals surface area contributed by atoms with Crippen LogP contribution >= 0.6 is 0 Å². The number of rotatable bonds is 15. The summed E-state index contributed by atoms with van der Waals surface area (Å²) in [6.45, 7) is 5.26. The predicted molar refractivity (Wildman–Crippen MR) is 97.9 cm³/mol. The van der Waals surface area contributed by atoms with Gasteiger partial charge in [-0.05, 0) is 19.3 Å². The van der Waals surface area contributed by atoms with Crippen LogP contribution in [0.1, 0.15) is 39.0 Å². The van der Waals surface area contributed by atoms with Crippen LogP contribution in [-0.4, -0.2) is 62.6 Å². The Labute approximate surface area is 164 Å². The molecule has 28 heavy (non-hydrogen) atoms. The third kappa shape index (κ3) is 16.6. The van der Waals surface area contributed by atoms with Gasteiger partial charge in [0.15, 0.2) is 0 Å². The Balaban J connectivity index is 3.53. The van der Waals surface area contributed by atoms with Crippen molar-refractivity contribution in [2.75, 3.05) is 32.9 Å². The minimum atomic E-state index is -0.634. The summed E-state index contributed by atoms with van der Waals surface area (Å²) in [6, 6.07) is 0. The van der Waals surface area contributed by atoms with Gasteiger partial charge in [0, 0.05) is 32.5 Å². The average Bonchev–Trinajstić information content (AvgIpc) is 2.64. The smallest absolute Gasteiger partial charge is 0.330 e. The standard InChI is InChI=1S/C18H28N2O8/c1-3-16(23)27-11-12-28-17(24)7-5-4-6-10-26-18(25)13-15(22)20-9-8-19-14(2)21/h3H,1,4-13H2,2H3,(H,19,21)(H,20,22). The highest BCUT2D eigenvalue weighted by Gasteiger charge is 2.10. The van der Waals surface area contributed by atoms with Gasteiger partial charge in [0.2, 0.25) is 11.8 Å². The molecular weight excluding hydrogens is 372 g/mol. The van der Waals surface area contributed by atoms with Crippen LogP contribution in [0.15, 0.2) is 12.7 Å². The van der Waals surface area contributed by atoms with E-state index in [9.17, 15) is 24.0 Å². The molecule has 0 saturated heterocycles. The van der Waals surface area contributed by atoms with Crippen molar-refractivity contribution in [2.45, 2.75) is 39.0 Å². The highest BCUT2D eigenvalue weighted by molar-refractivity contribution is 5.94. The number of ether oxygens (including phenoxy) is 3. The molecule has 0 bridgehead atoms. The first-order chi connectivity index (χ1) is 13.3. The summed E-state index contributed by atoms with van der Waals surface area (Å²) in [5.41, 5.74) is 0. The number of amides is 2. The van der Waals surface area contributed by atoms with Crippen molar-refractivity contribution < 1.29 is 38.2 Å². The monoisotopic (exact) mass is 400 g/mol. The van der Waals surface area contributed by atoms with Crippen molar-refractivity contribution >= 4 is 29.7 Å². The van der Waals surface area contributed by atoms with E-state index in [4.69, 9.17) is 9.47 Å². The molecule has 0 atom stereocenters. The summed E-state index contributed by atoms with van der Waals surface area (Å²) < 4.78 is 14.5. The SMILES string of the molecule is C=CC(=O)OCCOC(=O)CCCCCOC(=O)CC(=O)NCCNC(C)=O. The van der Waals surface area contributed by atoms with E-state index in [2.05, 4.69) is 21.9 Å². The molecule has 0 radical (unpaired) electrons. The molecule has 2 amide bonds. The lowest BCUT2D eigenvalue weighted by Gasteiger charge is -2.07. The topological polar surface area (TPSA) is 137 Å². The van der Waals surface area contributed by atoms with Crippen LogP contribution in [0.2, 0.25) is 0 Å². The Morgan fingerprint density at radius 1 is 0.821 bits per heavy atom. The highest BCUT2D eigenvalue weighted by atomic mass is 16.6. The van der Waals surface area contributed by atoms with Gasteiger partial charge >= 0.3 is 17.9 Å². The van der Waals surface area contributed by atoms with Crippen LogP contribution in [0.3, 0.4) is 0 Å². The third-order valence-corrected chi connectivity index (χ3v) is 3.17. The van der Waals surface area contributed by atoms with Gasteiger partial charge in [0.1, 0.15) is 19.6 Å². The Kier molecular flexibility index (Phi) is 14.6. The van der Waals surface area contributed by atoms with Gasteiger partial charge in [0.25, 0.3) is 0 Å². The Morgan fingerprint density at radius 2 is 1.46 bits per heavy atom. The van der Waals surface area contributed by atoms with Crippen LogP contribution in [0.25, 0.3) is 0 Å². The molecule has 0 heterocycles. The van der Waals surface area contributed by atoms with Crippen molar-refractivity contribution in [2.24, 2.45) is 0 Å². The lowest BCUT2D eigenvalue weighted by atomic mass is 10.2. The van der Waals surface area contributed by atoms with Crippen molar-refractivity contribution in [3.8, 4) is 0 Å². The first-order valence-corrected chi connectivity index (χ1v) is 8.96. The van der Waals surface area contributed by atoms with Gasteiger partial charge < -0.3 is 24.8 Å². The molecule has 0 aliphatic rings. The summed E-state index contributed by atoms with van der Waals surface area (Å²) in [4.78, 5) is 55.8. The zero-order valence-corrected chi connectivity index (χ0v) is 16.1. The maximum atomic E-state index is 11.5. The largest absolute Gasteiger partial charge is 0.465 e. The molecular formula is C18H28N2O8. The molecule has 0 aromatic heterocycles. The molecule has 0 aromatic rings. The van der Waals surface area contributed by atoms with E-state index in [1.807, 2.05) is 0 Å². The molecule has 158 valence electrons. The van der Waals surface area contributed by atoms with Crippen LogP contribution in [-0.2, 0) is 38.2 Å². The minimum absolute atomic E-state index is 0.0110. The number of carbonyl (C=O) groups is 5. The fraction of sp³-hybridized carbons (Fsp3) is 0.611. The molecule has 0 spiro atoms. The summed E-state index contributed by atoms with van der Waals surface area (Å²) in [7, 11) is 0. The summed E-state index contributed by atoms with van der Waals surface area (Å²) >= 11 is 0. The predicted octanol–water partition coefficient (Wildman–Crippen LogP) is 0.00480. The van der Waals surface area contributed by atoms with Crippen LogP contribution in [0.4, 0.5) is 0 Å². The molecule has 0 aliphatic heterocycles. The zero-order valence-electron chi connectivity index (χ0n) is 16.1. The van der Waals surface area contributed by atoms with E-state index in [-0.39, 0.29) is 45.1 Å². The van der Waals surface area contributed by atoms with E-state index in [0.717, 1.165) is 6.08 Å². The van der Waals surface area contributed by atoms with E-state index in [0.29, 0.717) is 25.8 Å². The fourth-order valence-electron chi connectivity index (χ4n) is 1.85. The number of unbranched alkanes of at least 4 members (excludes halogenated alkanes) is 2. The van der Waals surface area contributed by atoms with Crippen molar-refractivity contribution in [3.63, 3.8) is 0 Å². The zero-order chi connectivity index (χ0) is 21.2. The van der Waals surface area contributed by atoms with Crippen molar-refractivity contribution in [1.82, 2.24) is 10.6 Å². The Bertz CT molecular complexity index is 548. The van der Waals surface area contributed by atoms with E-state index in [1.165, 1.54) is 6.92 Å². The van der Waals surface area contributed by atoms with Gasteiger partial charge in [-0.1, -0.05) is 6.58 Å².